The first-order chi connectivity index (χ1) is 29.4. The zero-order valence-corrected chi connectivity index (χ0v) is 34.3. The van der Waals surface area contributed by atoms with Crippen molar-refractivity contribution >= 4 is 35.6 Å². The first kappa shape index (κ1) is 58.0. The van der Waals surface area contributed by atoms with Crippen molar-refractivity contribution in [1.29, 1.82) is 0 Å². The van der Waals surface area contributed by atoms with Crippen molar-refractivity contribution < 1.29 is 117 Å². The molecule has 30 heteroatoms. The van der Waals surface area contributed by atoms with Gasteiger partial charge in [0.05, 0.1) is 25.3 Å². The summed E-state index contributed by atoms with van der Waals surface area (Å²) in [6.07, 6.45) is -17.1. The highest BCUT2D eigenvalue weighted by Gasteiger charge is 2.71. The number of carboxylic acid groups (broad SMARTS) is 2. The molecular weight excluding hydrogens is 888 g/mol. The van der Waals surface area contributed by atoms with Crippen LogP contribution in [0.15, 0.2) is 0 Å². The molecular formula is C34H58F4N6O20. The van der Waals surface area contributed by atoms with Crippen LogP contribution in [0.3, 0.4) is 0 Å². The van der Waals surface area contributed by atoms with Gasteiger partial charge in [0, 0.05) is 13.1 Å². The molecule has 26 nitrogen and oxygen atoms in total. The van der Waals surface area contributed by atoms with Gasteiger partial charge in [0.25, 0.3) is 23.4 Å². The summed E-state index contributed by atoms with van der Waals surface area (Å²) in [6, 6.07) is -4.43. The Hall–Kier alpha value is -4.02. The summed E-state index contributed by atoms with van der Waals surface area (Å²) in [5.41, 5.74) is 11.2. The summed E-state index contributed by atoms with van der Waals surface area (Å²) in [5, 5.41) is 121. The highest BCUT2D eigenvalue weighted by atomic mass is 19.3. The Balaban J connectivity index is 0.000000640. The van der Waals surface area contributed by atoms with Crippen molar-refractivity contribution in [2.24, 2.45) is 11.5 Å². The Labute approximate surface area is 360 Å². The minimum absolute atomic E-state index is 0.0540. The van der Waals surface area contributed by atoms with Crippen LogP contribution in [0.25, 0.3) is 0 Å². The number of carbonyl (C=O) groups excluding carboxylic acids is 4. The summed E-state index contributed by atoms with van der Waals surface area (Å²) in [7, 11) is 0. The lowest BCUT2D eigenvalue weighted by Gasteiger charge is -2.47. The molecule has 2 saturated heterocycles. The number of carbonyl (C=O) groups is 6. The third kappa shape index (κ3) is 14.0. The zero-order valence-electron chi connectivity index (χ0n) is 34.3. The Morgan fingerprint density at radius 3 is 1.39 bits per heavy atom. The second-order valence-electron chi connectivity index (χ2n) is 14.9. The van der Waals surface area contributed by atoms with Gasteiger partial charge in [-0.2, -0.15) is 17.6 Å². The van der Waals surface area contributed by atoms with Crippen LogP contribution in [-0.2, 0) is 38.2 Å². The minimum atomic E-state index is -4.79. The second kappa shape index (κ2) is 24.5. The van der Waals surface area contributed by atoms with E-state index in [-0.39, 0.29) is 51.6 Å². The second-order valence-corrected chi connectivity index (χ2v) is 14.9. The maximum absolute atomic E-state index is 14.5. The number of hydrogen-bond donors (Lipinski definition) is 18. The lowest BCUT2D eigenvalue weighted by Crippen LogP contribution is -2.73. The minimum Gasteiger partial charge on any atom is -0.480 e. The fourth-order valence-electron chi connectivity index (χ4n) is 5.80. The lowest BCUT2D eigenvalue weighted by atomic mass is 9.88. The van der Waals surface area contributed by atoms with Gasteiger partial charge in [-0.05, 0) is 52.4 Å². The molecule has 0 bridgehead atoms. The largest absolute Gasteiger partial charge is 0.480 e. The van der Waals surface area contributed by atoms with E-state index in [4.69, 9.17) is 31.9 Å². The molecule has 4 amide bonds. The molecule has 0 saturated carbocycles. The molecule has 372 valence electrons. The maximum Gasteiger partial charge on any atom is 0.379 e. The number of aliphatic carboxylic acids is 2. The fourth-order valence-corrected chi connectivity index (χ4v) is 5.80. The van der Waals surface area contributed by atoms with Crippen LogP contribution >= 0.6 is 0 Å². The number of nitrogens with two attached hydrogens (primary N) is 2. The summed E-state index contributed by atoms with van der Waals surface area (Å²) in [4.78, 5) is 68.6. The normalized spacial score (nSPS) is 29.4. The van der Waals surface area contributed by atoms with Gasteiger partial charge in [-0.15, -0.1) is 0 Å². The fraction of sp³-hybridized carbons (Fsp3) is 0.824. The van der Waals surface area contributed by atoms with Gasteiger partial charge in [-0.3, -0.25) is 28.8 Å². The monoisotopic (exact) mass is 946 g/mol. The summed E-state index contributed by atoms with van der Waals surface area (Å²) in [5.74, 6) is -25.4. The standard InChI is InChI=1S/2C17H29F2N3O10/c1-7(14(28)29)22-13(27)8(20)4-2-3-5-21-15(30)16(18,19)17(31)12(26)10(25)11(32-17)9(24)6-23;1-7(14(28)29)22-13(27)8(20)4-2-3-5-21-15(30)16(18,19)17(31)12(26)11(25)10(24)9(6-23)32-17/h2*7-12,23-26,31H,2-6,20H2,1H3,(H,21,30)(H,22,27)(H,28,29)/t7-,8-,9-,10+,11-,12+,17+;7-,8-,9+,10-,11-,12+,17+/m00/s1. The topological polar surface area (TPSA) is 464 Å². The molecule has 2 heterocycles. The zero-order chi connectivity index (χ0) is 49.7. The Bertz CT molecular complexity index is 1590. The van der Waals surface area contributed by atoms with E-state index in [9.17, 15) is 87.2 Å². The predicted octanol–water partition coefficient (Wildman–Crippen LogP) is -8.03. The Morgan fingerprint density at radius 1 is 0.656 bits per heavy atom. The molecule has 0 spiro atoms. The molecule has 2 rings (SSSR count). The number of alkyl halides is 4. The van der Waals surface area contributed by atoms with Crippen LogP contribution in [0.2, 0.25) is 0 Å². The van der Waals surface area contributed by atoms with Gasteiger partial charge < -0.3 is 103 Å². The highest BCUT2D eigenvalue weighted by molar-refractivity contribution is 5.87. The first-order valence-corrected chi connectivity index (χ1v) is 19.4. The summed E-state index contributed by atoms with van der Waals surface area (Å²) < 4.78 is 67.0. The number of nitrogens with one attached hydrogen (secondary N) is 4. The number of aliphatic hydroxyl groups is 10. The van der Waals surface area contributed by atoms with Crippen LogP contribution in [0.4, 0.5) is 17.6 Å². The SMILES string of the molecule is C[C@H](NC(=O)[C@@H](N)CCCCNC(=O)C(F)(F)[C@]1(O)O[C@@H]([C@@H](O)CO)[C@@H](O)[C@H]1O)C(=O)O.C[C@H](NC(=O)[C@@H](N)CCCCNC(=O)C(F)(F)[C@]1(O)O[C@H](CO)[C@H](O)[C@H](O)[C@H]1O)C(=O)O. The van der Waals surface area contributed by atoms with Gasteiger partial charge >= 0.3 is 23.8 Å². The van der Waals surface area contributed by atoms with Crippen molar-refractivity contribution in [3.8, 4) is 0 Å². The smallest absolute Gasteiger partial charge is 0.379 e. The first-order valence-electron chi connectivity index (χ1n) is 19.4. The third-order valence-electron chi connectivity index (χ3n) is 9.97. The van der Waals surface area contributed by atoms with Crippen LogP contribution in [-0.4, -0.2) is 220 Å². The van der Waals surface area contributed by atoms with Crippen LogP contribution < -0.4 is 32.7 Å². The number of rotatable bonds is 23. The molecule has 0 unspecified atom stereocenters. The molecule has 0 aromatic carbocycles. The molecule has 64 heavy (non-hydrogen) atoms. The van der Waals surface area contributed by atoms with Crippen molar-refractivity contribution in [2.45, 2.75) is 149 Å². The van der Waals surface area contributed by atoms with E-state index in [1.807, 2.05) is 10.6 Å². The predicted molar refractivity (Wildman–Crippen MR) is 200 cm³/mol. The number of halogens is 4. The number of aliphatic hydroxyl groups excluding tert-OH is 8. The third-order valence-corrected chi connectivity index (χ3v) is 9.97. The number of carboxylic acids is 2. The van der Waals surface area contributed by atoms with Crippen molar-refractivity contribution in [2.75, 3.05) is 26.3 Å². The van der Waals surface area contributed by atoms with E-state index in [2.05, 4.69) is 20.1 Å². The molecule has 14 atom stereocenters. The van der Waals surface area contributed by atoms with Gasteiger partial charge in [0.1, 0.15) is 60.9 Å². The summed E-state index contributed by atoms with van der Waals surface area (Å²) >= 11 is 0. The average Bonchev–Trinajstić information content (AvgIpc) is 3.48. The quantitative estimate of drug-likeness (QED) is 0.0334. The van der Waals surface area contributed by atoms with Crippen LogP contribution in [0, 0.1) is 0 Å². The number of unbranched alkanes of at least 4 members (excludes halogenated alkanes) is 2. The number of hydrogen-bond acceptors (Lipinski definition) is 20. The van der Waals surface area contributed by atoms with E-state index in [0.717, 1.165) is 0 Å². The molecule has 0 aliphatic carbocycles. The van der Waals surface area contributed by atoms with Gasteiger partial charge in [0.15, 0.2) is 0 Å². The molecule has 20 N–H and O–H groups in total. The van der Waals surface area contributed by atoms with E-state index in [1.165, 1.54) is 13.8 Å². The van der Waals surface area contributed by atoms with Crippen molar-refractivity contribution in [3.63, 3.8) is 0 Å². The molecule has 2 fully saturated rings. The number of amides is 4. The van der Waals surface area contributed by atoms with E-state index in [1.54, 1.807) is 0 Å². The van der Waals surface area contributed by atoms with E-state index < -0.39 is 145 Å². The highest BCUT2D eigenvalue weighted by Crippen LogP contribution is 2.42. The van der Waals surface area contributed by atoms with E-state index >= 15 is 0 Å². The maximum atomic E-state index is 14.5. The van der Waals surface area contributed by atoms with Gasteiger partial charge in [-0.1, -0.05) is 0 Å². The molecule has 2 aliphatic heterocycles. The molecule has 0 radical (unpaired) electrons. The summed E-state index contributed by atoms with van der Waals surface area (Å²) in [6.45, 7) is -0.332. The molecule has 0 aromatic heterocycles. The average molecular weight is 947 g/mol. The molecule has 0 aromatic rings. The van der Waals surface area contributed by atoms with Crippen LogP contribution in [0.5, 0.6) is 0 Å². The van der Waals surface area contributed by atoms with Crippen molar-refractivity contribution in [3.05, 3.63) is 0 Å². The van der Waals surface area contributed by atoms with Gasteiger partial charge in [-0.25, -0.2) is 0 Å². The Morgan fingerprint density at radius 2 is 1.03 bits per heavy atom. The molecule has 2 aliphatic rings. The number of ether oxygens (including phenoxy) is 2. The lowest BCUT2D eigenvalue weighted by molar-refractivity contribution is -0.401. The Kier molecular flexibility index (Phi) is 22.2. The van der Waals surface area contributed by atoms with Crippen LogP contribution in [0.1, 0.15) is 52.4 Å². The van der Waals surface area contributed by atoms with Crippen molar-refractivity contribution in [1.82, 2.24) is 21.3 Å². The van der Waals surface area contributed by atoms with E-state index in [0.29, 0.717) is 0 Å². The van der Waals surface area contributed by atoms with Gasteiger partial charge in [0.2, 0.25) is 11.8 Å².